The molecule has 0 spiro atoms. The first-order valence-electron chi connectivity index (χ1n) is 10.1. The minimum absolute atomic E-state index is 0.230. The summed E-state index contributed by atoms with van der Waals surface area (Å²) in [6.45, 7) is 1.94. The molecule has 3 heterocycles. The first-order chi connectivity index (χ1) is 15.1. The van der Waals surface area contributed by atoms with Crippen LogP contribution in [0.3, 0.4) is 0 Å². The number of H-pyrrole nitrogens is 2. The number of fused-ring (bicyclic) bond motifs is 2. The zero-order chi connectivity index (χ0) is 21.4. The van der Waals surface area contributed by atoms with E-state index in [0.29, 0.717) is 5.82 Å². The standard InChI is InChI=1S/C23H23N7O/c1-13-27-19-4-3-5-20(21(19)28-13)29-22-15(12-26-23(24)30-22)7-6-14-11-25-18-9-8-16(31-2)10-17(14)18/h3-5,8-12,25H,6-7H2,1-2H3,(H,27,28)(H3,24,26,29,30). The van der Waals surface area contributed by atoms with Crippen molar-refractivity contribution in [1.29, 1.82) is 0 Å². The molecule has 0 aliphatic rings. The highest BCUT2D eigenvalue weighted by Crippen LogP contribution is 2.28. The van der Waals surface area contributed by atoms with E-state index in [4.69, 9.17) is 10.5 Å². The van der Waals surface area contributed by atoms with E-state index in [1.54, 1.807) is 13.3 Å². The molecule has 3 aromatic heterocycles. The van der Waals surface area contributed by atoms with E-state index in [0.717, 1.165) is 57.6 Å². The number of methoxy groups -OCH3 is 1. The highest BCUT2D eigenvalue weighted by Gasteiger charge is 2.12. The third-order valence-corrected chi connectivity index (χ3v) is 5.41. The van der Waals surface area contributed by atoms with Gasteiger partial charge in [-0.3, -0.25) is 0 Å². The van der Waals surface area contributed by atoms with Crippen LogP contribution in [-0.4, -0.2) is 32.0 Å². The van der Waals surface area contributed by atoms with E-state index < -0.39 is 0 Å². The fourth-order valence-corrected chi connectivity index (χ4v) is 3.86. The fraction of sp³-hybridized carbons (Fsp3) is 0.174. The molecule has 0 aliphatic carbocycles. The number of para-hydroxylation sites is 1. The van der Waals surface area contributed by atoms with Crippen LogP contribution >= 0.6 is 0 Å². The Balaban J connectivity index is 1.44. The molecule has 8 nitrogen and oxygen atoms in total. The zero-order valence-electron chi connectivity index (χ0n) is 17.4. The molecule has 0 aliphatic heterocycles. The number of imidazole rings is 1. The smallest absolute Gasteiger partial charge is 0.221 e. The molecule has 2 aromatic carbocycles. The van der Waals surface area contributed by atoms with Crippen LogP contribution in [-0.2, 0) is 12.8 Å². The molecule has 156 valence electrons. The number of anilines is 3. The molecular weight excluding hydrogens is 390 g/mol. The van der Waals surface area contributed by atoms with Crippen LogP contribution in [0.1, 0.15) is 17.0 Å². The summed E-state index contributed by atoms with van der Waals surface area (Å²) in [6, 6.07) is 12.0. The lowest BCUT2D eigenvalue weighted by Crippen LogP contribution is -2.05. The van der Waals surface area contributed by atoms with Crippen LogP contribution < -0.4 is 15.8 Å². The van der Waals surface area contributed by atoms with Crippen molar-refractivity contribution in [3.63, 3.8) is 0 Å². The summed E-state index contributed by atoms with van der Waals surface area (Å²) in [4.78, 5) is 19.9. The number of hydrogen-bond donors (Lipinski definition) is 4. The van der Waals surface area contributed by atoms with E-state index >= 15 is 0 Å². The lowest BCUT2D eigenvalue weighted by molar-refractivity contribution is 0.415. The first kappa shape index (κ1) is 18.9. The van der Waals surface area contributed by atoms with Crippen LogP contribution in [0.5, 0.6) is 5.75 Å². The van der Waals surface area contributed by atoms with Crippen molar-refractivity contribution in [2.45, 2.75) is 19.8 Å². The maximum Gasteiger partial charge on any atom is 0.221 e. The predicted molar refractivity (Wildman–Crippen MR) is 123 cm³/mol. The Kier molecular flexibility index (Phi) is 4.66. The average molecular weight is 413 g/mol. The minimum Gasteiger partial charge on any atom is -0.497 e. The highest BCUT2D eigenvalue weighted by molar-refractivity contribution is 5.90. The summed E-state index contributed by atoms with van der Waals surface area (Å²) in [6.07, 6.45) is 5.40. The van der Waals surface area contributed by atoms with Gasteiger partial charge < -0.3 is 25.8 Å². The SMILES string of the molecule is COc1ccc2[nH]cc(CCc3cnc(N)nc3Nc3cccc4[nH]c(C)nc34)c2c1. The van der Waals surface area contributed by atoms with Gasteiger partial charge in [-0.05, 0) is 55.7 Å². The topological polar surface area (TPSA) is 118 Å². The first-order valence-corrected chi connectivity index (χ1v) is 10.1. The molecule has 0 saturated heterocycles. The second-order valence-electron chi connectivity index (χ2n) is 7.48. The monoisotopic (exact) mass is 413 g/mol. The number of nitrogens with one attached hydrogen (secondary N) is 3. The van der Waals surface area contributed by atoms with E-state index in [1.807, 2.05) is 43.5 Å². The minimum atomic E-state index is 0.230. The Bertz CT molecular complexity index is 1390. The summed E-state index contributed by atoms with van der Waals surface area (Å²) < 4.78 is 5.38. The number of nitrogens with zero attached hydrogens (tertiary/aromatic N) is 3. The summed E-state index contributed by atoms with van der Waals surface area (Å²) in [5.41, 5.74) is 11.9. The van der Waals surface area contributed by atoms with Crippen LogP contribution in [0.25, 0.3) is 21.9 Å². The second kappa shape index (κ2) is 7.64. The number of benzene rings is 2. The van der Waals surface area contributed by atoms with Crippen molar-refractivity contribution in [1.82, 2.24) is 24.9 Å². The number of rotatable bonds is 6. The summed E-state index contributed by atoms with van der Waals surface area (Å²) >= 11 is 0. The van der Waals surface area contributed by atoms with Gasteiger partial charge in [0.2, 0.25) is 5.95 Å². The zero-order valence-corrected chi connectivity index (χ0v) is 17.4. The average Bonchev–Trinajstić information content (AvgIpc) is 3.35. The van der Waals surface area contributed by atoms with Gasteiger partial charge in [0.15, 0.2) is 0 Å². The molecule has 5 aromatic rings. The van der Waals surface area contributed by atoms with Gasteiger partial charge in [0.25, 0.3) is 0 Å². The van der Waals surface area contributed by atoms with Gasteiger partial charge in [-0.2, -0.15) is 4.98 Å². The third kappa shape index (κ3) is 3.63. The summed E-state index contributed by atoms with van der Waals surface area (Å²) in [5, 5.41) is 4.57. The molecule has 0 fully saturated rings. The number of aryl methyl sites for hydroxylation is 3. The molecule has 0 radical (unpaired) electrons. The van der Waals surface area contributed by atoms with Gasteiger partial charge >= 0.3 is 0 Å². The van der Waals surface area contributed by atoms with Crippen molar-refractivity contribution in [3.05, 3.63) is 65.7 Å². The molecule has 8 heteroatoms. The van der Waals surface area contributed by atoms with Crippen molar-refractivity contribution in [3.8, 4) is 5.75 Å². The number of hydrogen-bond acceptors (Lipinski definition) is 6. The Hall–Kier alpha value is -4.07. The number of nitrogen functional groups attached to an aromatic ring is 1. The van der Waals surface area contributed by atoms with Crippen LogP contribution in [0.4, 0.5) is 17.5 Å². The van der Waals surface area contributed by atoms with Crippen LogP contribution in [0.15, 0.2) is 48.8 Å². The number of ether oxygens (including phenoxy) is 1. The lowest BCUT2D eigenvalue weighted by Gasteiger charge is -2.12. The van der Waals surface area contributed by atoms with Crippen molar-refractivity contribution in [2.24, 2.45) is 0 Å². The Labute approximate surface area is 178 Å². The third-order valence-electron chi connectivity index (χ3n) is 5.41. The number of aromatic amines is 2. The van der Waals surface area contributed by atoms with Crippen molar-refractivity contribution < 1.29 is 4.74 Å². The molecule has 0 unspecified atom stereocenters. The van der Waals surface area contributed by atoms with Crippen LogP contribution in [0, 0.1) is 6.92 Å². The Morgan fingerprint density at radius 1 is 1.06 bits per heavy atom. The van der Waals surface area contributed by atoms with Gasteiger partial charge in [-0.15, -0.1) is 0 Å². The Morgan fingerprint density at radius 2 is 1.94 bits per heavy atom. The van der Waals surface area contributed by atoms with E-state index in [9.17, 15) is 0 Å². The maximum absolute atomic E-state index is 5.89. The van der Waals surface area contributed by atoms with Gasteiger partial charge in [0.05, 0.1) is 18.3 Å². The van der Waals surface area contributed by atoms with Gasteiger partial charge in [-0.25, -0.2) is 9.97 Å². The van der Waals surface area contributed by atoms with Crippen molar-refractivity contribution in [2.75, 3.05) is 18.2 Å². The number of nitrogens with two attached hydrogens (primary N) is 1. The molecule has 0 amide bonds. The molecule has 5 rings (SSSR count). The van der Waals surface area contributed by atoms with E-state index in [1.165, 1.54) is 5.56 Å². The Morgan fingerprint density at radius 3 is 2.81 bits per heavy atom. The van der Waals surface area contributed by atoms with E-state index in [-0.39, 0.29) is 5.95 Å². The quantitative estimate of drug-likeness (QED) is 0.330. The lowest BCUT2D eigenvalue weighted by atomic mass is 10.0. The fourth-order valence-electron chi connectivity index (χ4n) is 3.86. The largest absolute Gasteiger partial charge is 0.497 e. The summed E-state index contributed by atoms with van der Waals surface area (Å²) in [7, 11) is 1.68. The van der Waals surface area contributed by atoms with Gasteiger partial charge in [-0.1, -0.05) is 6.07 Å². The summed E-state index contributed by atoms with van der Waals surface area (Å²) in [5.74, 6) is 2.63. The second-order valence-corrected chi connectivity index (χ2v) is 7.48. The highest BCUT2D eigenvalue weighted by atomic mass is 16.5. The predicted octanol–water partition coefficient (Wildman–Crippen LogP) is 4.26. The number of aromatic nitrogens is 5. The van der Waals surface area contributed by atoms with Gasteiger partial charge in [0.1, 0.15) is 22.9 Å². The van der Waals surface area contributed by atoms with Crippen LogP contribution in [0.2, 0.25) is 0 Å². The molecule has 0 bridgehead atoms. The van der Waals surface area contributed by atoms with Crippen molar-refractivity contribution >= 4 is 39.4 Å². The van der Waals surface area contributed by atoms with E-state index in [2.05, 4.69) is 36.3 Å². The molecule has 0 saturated carbocycles. The maximum atomic E-state index is 5.89. The molecule has 31 heavy (non-hydrogen) atoms. The molecule has 5 N–H and O–H groups in total. The molecule has 0 atom stereocenters. The molecular formula is C23H23N7O. The van der Waals surface area contributed by atoms with Gasteiger partial charge in [0, 0.05) is 28.9 Å². The normalized spacial score (nSPS) is 11.3.